The number of methoxy groups -OCH3 is 1. The standard InChI is InChI=1S/C18H28N2O3/c1-13(14-7-6-8-16(11-14)22-5)19-15-9-10-20(12-15)17(21)23-18(2,3)4/h6-8,11,13,15,19H,9-10,12H2,1-5H3/t13-,15?/m1/s1. The zero-order chi connectivity index (χ0) is 17.0. The normalized spacial score (nSPS) is 19.5. The number of likely N-dealkylation sites (tertiary alicyclic amines) is 1. The van der Waals surface area contributed by atoms with Crippen molar-refractivity contribution in [1.29, 1.82) is 0 Å². The second kappa shape index (κ2) is 7.21. The van der Waals surface area contributed by atoms with E-state index in [-0.39, 0.29) is 18.2 Å². The molecule has 1 amide bonds. The van der Waals surface area contributed by atoms with E-state index in [1.54, 1.807) is 12.0 Å². The Morgan fingerprint density at radius 3 is 2.78 bits per heavy atom. The molecule has 2 atom stereocenters. The van der Waals surface area contributed by atoms with E-state index in [1.165, 1.54) is 5.56 Å². The van der Waals surface area contributed by atoms with Crippen molar-refractivity contribution in [1.82, 2.24) is 10.2 Å². The molecule has 1 aromatic rings. The minimum Gasteiger partial charge on any atom is -0.497 e. The average molecular weight is 320 g/mol. The zero-order valence-electron chi connectivity index (χ0n) is 14.8. The molecule has 0 radical (unpaired) electrons. The van der Waals surface area contributed by atoms with Gasteiger partial charge in [0.1, 0.15) is 11.4 Å². The summed E-state index contributed by atoms with van der Waals surface area (Å²) in [7, 11) is 1.67. The summed E-state index contributed by atoms with van der Waals surface area (Å²) in [6, 6.07) is 8.54. The first-order chi connectivity index (χ1) is 10.8. The number of amides is 1. The lowest BCUT2D eigenvalue weighted by Gasteiger charge is -2.25. The molecular formula is C18H28N2O3. The van der Waals surface area contributed by atoms with Gasteiger partial charge in [0.15, 0.2) is 0 Å². The van der Waals surface area contributed by atoms with E-state index >= 15 is 0 Å². The van der Waals surface area contributed by atoms with Crippen LogP contribution in [0.1, 0.15) is 45.7 Å². The average Bonchev–Trinajstić information content (AvgIpc) is 2.94. The molecule has 1 heterocycles. The van der Waals surface area contributed by atoms with Crippen LogP contribution in [0.25, 0.3) is 0 Å². The fourth-order valence-corrected chi connectivity index (χ4v) is 2.75. The van der Waals surface area contributed by atoms with Crippen LogP contribution < -0.4 is 10.1 Å². The van der Waals surface area contributed by atoms with Crippen LogP contribution in [0.15, 0.2) is 24.3 Å². The van der Waals surface area contributed by atoms with Gasteiger partial charge in [-0.3, -0.25) is 0 Å². The van der Waals surface area contributed by atoms with E-state index in [9.17, 15) is 4.79 Å². The van der Waals surface area contributed by atoms with Gasteiger partial charge in [0.2, 0.25) is 0 Å². The highest BCUT2D eigenvalue weighted by atomic mass is 16.6. The molecule has 1 aliphatic heterocycles. The van der Waals surface area contributed by atoms with Crippen molar-refractivity contribution in [2.24, 2.45) is 0 Å². The highest BCUT2D eigenvalue weighted by molar-refractivity contribution is 5.68. The summed E-state index contributed by atoms with van der Waals surface area (Å²) in [6.07, 6.45) is 0.712. The van der Waals surface area contributed by atoms with Gasteiger partial charge in [-0.2, -0.15) is 0 Å². The summed E-state index contributed by atoms with van der Waals surface area (Å²) < 4.78 is 10.7. The van der Waals surface area contributed by atoms with Gasteiger partial charge in [-0.25, -0.2) is 4.79 Å². The van der Waals surface area contributed by atoms with Crippen LogP contribution in [-0.2, 0) is 4.74 Å². The van der Waals surface area contributed by atoms with Crippen molar-refractivity contribution in [3.63, 3.8) is 0 Å². The Labute approximate surface area is 139 Å². The summed E-state index contributed by atoms with van der Waals surface area (Å²) in [5.41, 5.74) is 0.733. The van der Waals surface area contributed by atoms with E-state index in [0.29, 0.717) is 6.54 Å². The van der Waals surface area contributed by atoms with E-state index in [4.69, 9.17) is 9.47 Å². The van der Waals surface area contributed by atoms with Gasteiger partial charge in [-0.15, -0.1) is 0 Å². The molecule has 1 saturated heterocycles. The Hall–Kier alpha value is -1.75. The molecule has 1 fully saturated rings. The molecule has 1 aromatic carbocycles. The van der Waals surface area contributed by atoms with Crippen molar-refractivity contribution >= 4 is 6.09 Å². The predicted octanol–water partition coefficient (Wildman–Crippen LogP) is 3.36. The molecule has 128 valence electrons. The fourth-order valence-electron chi connectivity index (χ4n) is 2.75. The topological polar surface area (TPSA) is 50.8 Å². The number of carbonyl (C=O) groups is 1. The maximum Gasteiger partial charge on any atom is 0.410 e. The Morgan fingerprint density at radius 2 is 2.13 bits per heavy atom. The molecule has 0 spiro atoms. The first kappa shape index (κ1) is 17.6. The third kappa shape index (κ3) is 5.13. The number of rotatable bonds is 4. The molecule has 0 aromatic heterocycles. The molecule has 5 heteroatoms. The largest absolute Gasteiger partial charge is 0.497 e. The quantitative estimate of drug-likeness (QED) is 0.924. The highest BCUT2D eigenvalue weighted by Crippen LogP contribution is 2.21. The second-order valence-corrected chi connectivity index (χ2v) is 7.08. The first-order valence-corrected chi connectivity index (χ1v) is 8.16. The van der Waals surface area contributed by atoms with Gasteiger partial charge in [0.25, 0.3) is 0 Å². The third-order valence-electron chi connectivity index (χ3n) is 3.92. The van der Waals surface area contributed by atoms with Crippen molar-refractivity contribution in [3.05, 3.63) is 29.8 Å². The van der Waals surface area contributed by atoms with Gasteiger partial charge in [-0.05, 0) is 51.8 Å². The van der Waals surface area contributed by atoms with E-state index < -0.39 is 5.60 Å². The van der Waals surface area contributed by atoms with Crippen LogP contribution in [-0.4, -0.2) is 42.8 Å². The molecule has 1 N–H and O–H groups in total. The Balaban J connectivity index is 1.88. The van der Waals surface area contributed by atoms with E-state index in [0.717, 1.165) is 18.7 Å². The van der Waals surface area contributed by atoms with Gasteiger partial charge < -0.3 is 19.7 Å². The van der Waals surface area contributed by atoms with Crippen molar-refractivity contribution in [3.8, 4) is 5.75 Å². The van der Waals surface area contributed by atoms with E-state index in [1.807, 2.05) is 39.0 Å². The Bertz CT molecular complexity index is 539. The summed E-state index contributed by atoms with van der Waals surface area (Å²) in [4.78, 5) is 13.9. The number of carbonyl (C=O) groups excluding carboxylic acids is 1. The number of benzene rings is 1. The summed E-state index contributed by atoms with van der Waals surface area (Å²) in [5, 5.41) is 3.59. The summed E-state index contributed by atoms with van der Waals surface area (Å²) >= 11 is 0. The lowest BCUT2D eigenvalue weighted by atomic mass is 10.1. The van der Waals surface area contributed by atoms with Crippen molar-refractivity contribution < 1.29 is 14.3 Å². The van der Waals surface area contributed by atoms with Crippen LogP contribution in [0.4, 0.5) is 4.79 Å². The van der Waals surface area contributed by atoms with Gasteiger partial charge >= 0.3 is 6.09 Å². The number of ether oxygens (including phenoxy) is 2. The molecule has 0 bridgehead atoms. The zero-order valence-corrected chi connectivity index (χ0v) is 14.8. The molecular weight excluding hydrogens is 292 g/mol. The maximum absolute atomic E-state index is 12.1. The van der Waals surface area contributed by atoms with Crippen LogP contribution in [0.3, 0.4) is 0 Å². The SMILES string of the molecule is COc1cccc([C@@H](C)NC2CCN(C(=O)OC(C)(C)C)C2)c1. The van der Waals surface area contributed by atoms with Crippen LogP contribution in [0, 0.1) is 0 Å². The highest BCUT2D eigenvalue weighted by Gasteiger charge is 2.30. The minimum atomic E-state index is -0.448. The van der Waals surface area contributed by atoms with Crippen molar-refractivity contribution in [2.45, 2.75) is 51.8 Å². The predicted molar refractivity (Wildman–Crippen MR) is 90.8 cm³/mol. The van der Waals surface area contributed by atoms with Gasteiger partial charge in [0.05, 0.1) is 7.11 Å². The second-order valence-electron chi connectivity index (χ2n) is 7.08. The summed E-state index contributed by atoms with van der Waals surface area (Å²) in [6.45, 7) is 9.22. The fraction of sp³-hybridized carbons (Fsp3) is 0.611. The maximum atomic E-state index is 12.1. The summed E-state index contributed by atoms with van der Waals surface area (Å²) in [5.74, 6) is 0.859. The third-order valence-corrected chi connectivity index (χ3v) is 3.92. The number of hydrogen-bond donors (Lipinski definition) is 1. The van der Waals surface area contributed by atoms with E-state index in [2.05, 4.69) is 18.3 Å². The number of nitrogens with one attached hydrogen (secondary N) is 1. The van der Waals surface area contributed by atoms with Crippen LogP contribution in [0.5, 0.6) is 5.75 Å². The van der Waals surface area contributed by atoms with Crippen LogP contribution >= 0.6 is 0 Å². The number of hydrogen-bond acceptors (Lipinski definition) is 4. The molecule has 1 unspecified atom stereocenters. The monoisotopic (exact) mass is 320 g/mol. The molecule has 0 saturated carbocycles. The van der Waals surface area contributed by atoms with Crippen LogP contribution in [0.2, 0.25) is 0 Å². The first-order valence-electron chi connectivity index (χ1n) is 8.16. The Kier molecular flexibility index (Phi) is 5.52. The molecule has 5 nitrogen and oxygen atoms in total. The molecule has 0 aliphatic carbocycles. The molecule has 23 heavy (non-hydrogen) atoms. The number of nitrogens with zero attached hydrogens (tertiary/aromatic N) is 1. The Morgan fingerprint density at radius 1 is 1.39 bits per heavy atom. The van der Waals surface area contributed by atoms with Gasteiger partial charge in [-0.1, -0.05) is 12.1 Å². The van der Waals surface area contributed by atoms with Gasteiger partial charge in [0, 0.05) is 25.2 Å². The van der Waals surface area contributed by atoms with Crippen molar-refractivity contribution in [2.75, 3.05) is 20.2 Å². The lowest BCUT2D eigenvalue weighted by molar-refractivity contribution is 0.0290. The molecule has 1 aliphatic rings. The minimum absolute atomic E-state index is 0.202. The lowest BCUT2D eigenvalue weighted by Crippen LogP contribution is -2.39. The smallest absolute Gasteiger partial charge is 0.410 e. The molecule has 2 rings (SSSR count).